The fraction of sp³-hybridized carbons (Fsp3) is 0.429. The Morgan fingerprint density at radius 2 is 1.90 bits per heavy atom. The third kappa shape index (κ3) is 4.49. The first kappa shape index (κ1) is 17.0. The molecule has 0 unspecified atom stereocenters. The predicted molar refractivity (Wildman–Crippen MR) is 74.5 cm³/mol. The van der Waals surface area contributed by atoms with Crippen LogP contribution in [0, 0.1) is 0 Å². The van der Waals surface area contributed by atoms with E-state index >= 15 is 0 Å². The van der Waals surface area contributed by atoms with E-state index in [-0.39, 0.29) is 18.0 Å². The normalized spacial score (nSPS) is 10.6. The Morgan fingerprint density at radius 3 is 2.43 bits per heavy atom. The summed E-state index contributed by atoms with van der Waals surface area (Å²) in [5.74, 6) is -0.925. The number of nitrogens with zero attached hydrogens (tertiary/aromatic N) is 2. The Kier molecular flexibility index (Phi) is 6.23. The molecule has 1 N–H and O–H groups in total. The third-order valence-electron chi connectivity index (χ3n) is 2.98. The highest BCUT2D eigenvalue weighted by atomic mass is 19.3. The van der Waals surface area contributed by atoms with E-state index in [1.807, 2.05) is 0 Å². The maximum atomic E-state index is 12.5. The number of hydrogen-bond acceptors (Lipinski definition) is 3. The van der Waals surface area contributed by atoms with Crippen LogP contribution >= 0.6 is 0 Å². The zero-order valence-corrected chi connectivity index (χ0v) is 11.9. The van der Waals surface area contributed by atoms with Crippen LogP contribution in [-0.4, -0.2) is 55.0 Å². The van der Waals surface area contributed by atoms with Crippen molar-refractivity contribution < 1.29 is 23.5 Å². The van der Waals surface area contributed by atoms with E-state index in [4.69, 9.17) is 5.11 Å². The van der Waals surface area contributed by atoms with E-state index in [1.54, 1.807) is 18.2 Å². The molecule has 7 heteroatoms. The quantitative estimate of drug-likeness (QED) is 0.863. The minimum Gasteiger partial charge on any atom is -0.395 e. The van der Waals surface area contributed by atoms with Gasteiger partial charge in [-0.3, -0.25) is 9.59 Å². The van der Waals surface area contributed by atoms with Crippen LogP contribution in [0.15, 0.2) is 24.3 Å². The zero-order chi connectivity index (χ0) is 16.0. The monoisotopic (exact) mass is 300 g/mol. The number of carbonyl (C=O) groups excluding carboxylic acids is 2. The van der Waals surface area contributed by atoms with Gasteiger partial charge >= 0.3 is 0 Å². The minimum atomic E-state index is -2.70. The van der Waals surface area contributed by atoms with Gasteiger partial charge in [0.05, 0.1) is 24.4 Å². The molecule has 0 aliphatic heterocycles. The summed E-state index contributed by atoms with van der Waals surface area (Å²) in [5, 5.41) is 8.91. The average Bonchev–Trinajstić information content (AvgIpc) is 2.44. The molecule has 0 bridgehead atoms. The van der Waals surface area contributed by atoms with Crippen molar-refractivity contribution in [3.63, 3.8) is 0 Å². The Balaban J connectivity index is 3.12. The van der Waals surface area contributed by atoms with Crippen LogP contribution < -0.4 is 4.90 Å². The molecule has 0 atom stereocenters. The molecular weight excluding hydrogens is 282 g/mol. The van der Waals surface area contributed by atoms with Crippen molar-refractivity contribution >= 4 is 17.5 Å². The van der Waals surface area contributed by atoms with Gasteiger partial charge in [0.25, 0.3) is 12.3 Å². The van der Waals surface area contributed by atoms with Crippen LogP contribution in [0.5, 0.6) is 0 Å². The molecule has 21 heavy (non-hydrogen) atoms. The van der Waals surface area contributed by atoms with Gasteiger partial charge in [0, 0.05) is 20.5 Å². The number of alkyl halides is 2. The van der Waals surface area contributed by atoms with E-state index in [1.165, 1.54) is 24.9 Å². The molecule has 116 valence electrons. The van der Waals surface area contributed by atoms with Crippen molar-refractivity contribution in [3.05, 3.63) is 29.8 Å². The molecule has 2 amide bonds. The number of carbonyl (C=O) groups is 2. The molecule has 0 saturated carbocycles. The van der Waals surface area contributed by atoms with Crippen molar-refractivity contribution in [3.8, 4) is 0 Å². The van der Waals surface area contributed by atoms with Crippen molar-refractivity contribution in [2.75, 3.05) is 31.6 Å². The Labute approximate surface area is 121 Å². The lowest BCUT2D eigenvalue weighted by Crippen LogP contribution is -2.38. The molecule has 5 nitrogen and oxygen atoms in total. The van der Waals surface area contributed by atoms with Crippen LogP contribution in [0.1, 0.15) is 17.3 Å². The molecule has 0 spiro atoms. The first-order chi connectivity index (χ1) is 9.88. The molecular formula is C14H18F2N2O3. The van der Waals surface area contributed by atoms with Crippen LogP contribution in [0.25, 0.3) is 0 Å². The van der Waals surface area contributed by atoms with Crippen molar-refractivity contribution in [2.24, 2.45) is 0 Å². The number of anilines is 1. The molecule has 0 aliphatic carbocycles. The van der Waals surface area contributed by atoms with Gasteiger partial charge in [-0.25, -0.2) is 8.78 Å². The second kappa shape index (κ2) is 7.68. The standard InChI is InChI=1S/C14H18F2N2O3/c1-10(20)17(2)12-6-4-3-5-11(12)14(21)18(7-8-19)9-13(15)16/h3-6,13,19H,7-9H2,1-2H3. The van der Waals surface area contributed by atoms with Crippen molar-refractivity contribution in [1.29, 1.82) is 0 Å². The van der Waals surface area contributed by atoms with Gasteiger partial charge in [0.1, 0.15) is 0 Å². The van der Waals surface area contributed by atoms with Gasteiger partial charge in [0.2, 0.25) is 5.91 Å². The number of aliphatic hydroxyl groups is 1. The van der Waals surface area contributed by atoms with Crippen molar-refractivity contribution in [1.82, 2.24) is 4.90 Å². The lowest BCUT2D eigenvalue weighted by atomic mass is 10.1. The molecule has 0 heterocycles. The molecule has 0 aliphatic rings. The summed E-state index contributed by atoms with van der Waals surface area (Å²) in [6.07, 6.45) is -2.70. The Hall–Kier alpha value is -2.02. The van der Waals surface area contributed by atoms with E-state index in [2.05, 4.69) is 0 Å². The molecule has 1 aromatic carbocycles. The highest BCUT2D eigenvalue weighted by molar-refractivity contribution is 6.04. The number of amides is 2. The molecule has 1 aromatic rings. The average molecular weight is 300 g/mol. The largest absolute Gasteiger partial charge is 0.395 e. The first-order valence-electron chi connectivity index (χ1n) is 6.40. The summed E-state index contributed by atoms with van der Waals surface area (Å²) in [6, 6.07) is 6.26. The van der Waals surface area contributed by atoms with Gasteiger partial charge in [-0.05, 0) is 12.1 Å². The lowest BCUT2D eigenvalue weighted by Gasteiger charge is -2.24. The summed E-state index contributed by atoms with van der Waals surface area (Å²) in [7, 11) is 1.50. The summed E-state index contributed by atoms with van der Waals surface area (Å²) in [6.45, 7) is -0.0338. The van der Waals surface area contributed by atoms with E-state index in [9.17, 15) is 18.4 Å². The van der Waals surface area contributed by atoms with Crippen LogP contribution in [0.3, 0.4) is 0 Å². The molecule has 0 saturated heterocycles. The molecule has 0 fully saturated rings. The van der Waals surface area contributed by atoms with Gasteiger partial charge in [-0.15, -0.1) is 0 Å². The highest BCUT2D eigenvalue weighted by Gasteiger charge is 2.23. The zero-order valence-electron chi connectivity index (χ0n) is 11.9. The van der Waals surface area contributed by atoms with Gasteiger partial charge in [-0.1, -0.05) is 12.1 Å². The smallest absolute Gasteiger partial charge is 0.256 e. The summed E-state index contributed by atoms with van der Waals surface area (Å²) in [4.78, 5) is 25.9. The topological polar surface area (TPSA) is 60.9 Å². The SMILES string of the molecule is CC(=O)N(C)c1ccccc1C(=O)N(CCO)CC(F)F. The third-order valence-corrected chi connectivity index (χ3v) is 2.98. The Bertz CT molecular complexity index is 509. The van der Waals surface area contributed by atoms with Gasteiger partial charge in [-0.2, -0.15) is 0 Å². The summed E-state index contributed by atoms with van der Waals surface area (Å²) < 4.78 is 25.1. The fourth-order valence-corrected chi connectivity index (χ4v) is 1.85. The number of para-hydroxylation sites is 1. The summed E-state index contributed by atoms with van der Waals surface area (Å²) in [5.41, 5.74) is 0.483. The van der Waals surface area contributed by atoms with Gasteiger partial charge < -0.3 is 14.9 Å². The van der Waals surface area contributed by atoms with E-state index in [0.717, 1.165) is 4.90 Å². The Morgan fingerprint density at radius 1 is 1.29 bits per heavy atom. The molecule has 0 radical (unpaired) electrons. The van der Waals surface area contributed by atoms with Crippen LogP contribution in [-0.2, 0) is 4.79 Å². The maximum absolute atomic E-state index is 12.5. The first-order valence-corrected chi connectivity index (χ1v) is 6.40. The van der Waals surface area contributed by atoms with Crippen molar-refractivity contribution in [2.45, 2.75) is 13.3 Å². The molecule has 0 aromatic heterocycles. The predicted octanol–water partition coefficient (Wildman–Crippen LogP) is 1.37. The fourth-order valence-electron chi connectivity index (χ4n) is 1.85. The maximum Gasteiger partial charge on any atom is 0.256 e. The number of aliphatic hydroxyl groups excluding tert-OH is 1. The lowest BCUT2D eigenvalue weighted by molar-refractivity contribution is -0.116. The number of benzene rings is 1. The number of rotatable bonds is 6. The number of halogens is 2. The van der Waals surface area contributed by atoms with E-state index < -0.39 is 25.5 Å². The summed E-state index contributed by atoms with van der Waals surface area (Å²) >= 11 is 0. The van der Waals surface area contributed by atoms with Crippen LogP contribution in [0.4, 0.5) is 14.5 Å². The van der Waals surface area contributed by atoms with Crippen LogP contribution in [0.2, 0.25) is 0 Å². The van der Waals surface area contributed by atoms with E-state index in [0.29, 0.717) is 5.69 Å². The minimum absolute atomic E-state index is 0.143. The van der Waals surface area contributed by atoms with Gasteiger partial charge in [0.15, 0.2) is 0 Å². The molecule has 1 rings (SSSR count). The second-order valence-electron chi connectivity index (χ2n) is 4.46. The second-order valence-corrected chi connectivity index (χ2v) is 4.46. The number of hydrogen-bond donors (Lipinski definition) is 1. The highest BCUT2D eigenvalue weighted by Crippen LogP contribution is 2.21.